The zero-order valence-electron chi connectivity index (χ0n) is 24.8. The van der Waals surface area contributed by atoms with Gasteiger partial charge in [-0.1, -0.05) is 103 Å². The molecule has 0 atom stereocenters. The SMILES string of the molecule is c1ccc(-c2nc3ccccc3nc2-c2ccc3cc(-c4ccc5ccc6ccc(-c7ccccn7)cc6c5n4)ccc3c2)cc1. The topological polar surface area (TPSA) is 51.6 Å². The minimum absolute atomic E-state index is 0.879. The molecule has 0 aliphatic carbocycles. The van der Waals surface area contributed by atoms with Crippen molar-refractivity contribution < 1.29 is 0 Å². The molecule has 0 fully saturated rings. The zero-order valence-corrected chi connectivity index (χ0v) is 24.8. The van der Waals surface area contributed by atoms with Crippen LogP contribution in [-0.4, -0.2) is 19.9 Å². The number of rotatable bonds is 4. The van der Waals surface area contributed by atoms with Crippen molar-refractivity contribution >= 4 is 43.5 Å². The maximum atomic E-state index is 5.22. The Morgan fingerprint density at radius 2 is 0.935 bits per heavy atom. The summed E-state index contributed by atoms with van der Waals surface area (Å²) in [6, 6.07) is 52.5. The van der Waals surface area contributed by atoms with Crippen LogP contribution in [0.2, 0.25) is 0 Å². The maximum absolute atomic E-state index is 5.22. The average Bonchev–Trinajstić information content (AvgIpc) is 3.14. The first kappa shape index (κ1) is 26.2. The molecule has 0 aliphatic heterocycles. The van der Waals surface area contributed by atoms with E-state index in [1.165, 1.54) is 0 Å². The lowest BCUT2D eigenvalue weighted by Gasteiger charge is -2.12. The second-order valence-electron chi connectivity index (χ2n) is 11.5. The normalized spacial score (nSPS) is 11.5. The molecule has 9 rings (SSSR count). The molecule has 0 N–H and O–H groups in total. The van der Waals surface area contributed by atoms with Gasteiger partial charge in [-0.25, -0.2) is 15.0 Å². The third-order valence-electron chi connectivity index (χ3n) is 8.67. The van der Waals surface area contributed by atoms with Gasteiger partial charge in [-0.05, 0) is 64.7 Å². The molecule has 214 valence electrons. The third-order valence-corrected chi connectivity index (χ3v) is 8.67. The highest BCUT2D eigenvalue weighted by atomic mass is 14.8. The number of aromatic nitrogens is 4. The quantitative estimate of drug-likeness (QED) is 0.193. The Balaban J connectivity index is 1.14. The molecule has 3 heterocycles. The Morgan fingerprint density at radius 1 is 0.348 bits per heavy atom. The molecule has 4 nitrogen and oxygen atoms in total. The Kier molecular flexibility index (Phi) is 6.10. The van der Waals surface area contributed by atoms with E-state index in [2.05, 4.69) is 96.0 Å². The first-order valence-electron chi connectivity index (χ1n) is 15.4. The summed E-state index contributed by atoms with van der Waals surface area (Å²) in [5, 5.41) is 5.69. The fourth-order valence-electron chi connectivity index (χ4n) is 6.31. The van der Waals surface area contributed by atoms with Crippen molar-refractivity contribution in [2.75, 3.05) is 0 Å². The van der Waals surface area contributed by atoms with Gasteiger partial charge >= 0.3 is 0 Å². The molecule has 0 aliphatic rings. The summed E-state index contributed by atoms with van der Waals surface area (Å²) in [6.07, 6.45) is 1.83. The largest absolute Gasteiger partial charge is 0.256 e. The predicted molar refractivity (Wildman–Crippen MR) is 189 cm³/mol. The van der Waals surface area contributed by atoms with Gasteiger partial charge < -0.3 is 0 Å². The highest BCUT2D eigenvalue weighted by Crippen LogP contribution is 2.35. The monoisotopic (exact) mass is 586 g/mol. The van der Waals surface area contributed by atoms with Gasteiger partial charge in [-0.2, -0.15) is 0 Å². The molecule has 0 saturated carbocycles. The molecule has 0 spiro atoms. The van der Waals surface area contributed by atoms with Crippen LogP contribution >= 0.6 is 0 Å². The van der Waals surface area contributed by atoms with Crippen molar-refractivity contribution in [3.63, 3.8) is 0 Å². The summed E-state index contributed by atoms with van der Waals surface area (Å²) in [5.74, 6) is 0. The Hall–Kier alpha value is -6.26. The maximum Gasteiger partial charge on any atom is 0.0973 e. The van der Waals surface area contributed by atoms with E-state index in [1.54, 1.807) is 0 Å². The Labute approximate surface area is 265 Å². The Bertz CT molecular complexity index is 2580. The van der Waals surface area contributed by atoms with Gasteiger partial charge in [0.15, 0.2) is 0 Å². The van der Waals surface area contributed by atoms with Crippen molar-refractivity contribution in [3.05, 3.63) is 158 Å². The smallest absolute Gasteiger partial charge is 0.0973 e. The van der Waals surface area contributed by atoms with Crippen molar-refractivity contribution in [1.29, 1.82) is 0 Å². The summed E-state index contributed by atoms with van der Waals surface area (Å²) in [6.45, 7) is 0. The number of hydrogen-bond acceptors (Lipinski definition) is 4. The lowest BCUT2D eigenvalue weighted by Crippen LogP contribution is -1.95. The average molecular weight is 587 g/mol. The van der Waals surface area contributed by atoms with E-state index in [9.17, 15) is 0 Å². The van der Waals surface area contributed by atoms with E-state index in [4.69, 9.17) is 15.0 Å². The second kappa shape index (κ2) is 10.7. The van der Waals surface area contributed by atoms with Crippen molar-refractivity contribution in [3.8, 4) is 45.0 Å². The van der Waals surface area contributed by atoms with E-state index in [0.717, 1.165) is 88.5 Å². The molecule has 0 radical (unpaired) electrons. The van der Waals surface area contributed by atoms with E-state index >= 15 is 0 Å². The van der Waals surface area contributed by atoms with E-state index < -0.39 is 0 Å². The van der Waals surface area contributed by atoms with Crippen molar-refractivity contribution in [1.82, 2.24) is 19.9 Å². The van der Waals surface area contributed by atoms with Crippen molar-refractivity contribution in [2.45, 2.75) is 0 Å². The molecule has 0 amide bonds. The van der Waals surface area contributed by atoms with Gasteiger partial charge in [0.2, 0.25) is 0 Å². The molecule has 4 heteroatoms. The van der Waals surface area contributed by atoms with Crippen LogP contribution in [0.5, 0.6) is 0 Å². The molecule has 46 heavy (non-hydrogen) atoms. The highest BCUT2D eigenvalue weighted by molar-refractivity contribution is 6.07. The minimum Gasteiger partial charge on any atom is -0.256 e. The predicted octanol–water partition coefficient (Wildman–Crippen LogP) is 10.5. The summed E-state index contributed by atoms with van der Waals surface area (Å²) < 4.78 is 0. The number of benzene rings is 6. The molecule has 0 unspecified atom stereocenters. The van der Waals surface area contributed by atoms with Gasteiger partial charge in [-0.15, -0.1) is 0 Å². The van der Waals surface area contributed by atoms with Gasteiger partial charge in [0.25, 0.3) is 0 Å². The Morgan fingerprint density at radius 3 is 1.70 bits per heavy atom. The van der Waals surface area contributed by atoms with Crippen LogP contribution in [0, 0.1) is 0 Å². The van der Waals surface area contributed by atoms with Crippen LogP contribution < -0.4 is 0 Å². The van der Waals surface area contributed by atoms with Crippen LogP contribution in [-0.2, 0) is 0 Å². The first-order chi connectivity index (χ1) is 22.8. The van der Waals surface area contributed by atoms with E-state index in [1.807, 2.05) is 66.9 Å². The van der Waals surface area contributed by atoms with Gasteiger partial charge in [0.1, 0.15) is 0 Å². The highest BCUT2D eigenvalue weighted by Gasteiger charge is 2.14. The van der Waals surface area contributed by atoms with Crippen LogP contribution in [0.3, 0.4) is 0 Å². The molecule has 6 aromatic carbocycles. The number of para-hydroxylation sites is 2. The lowest BCUT2D eigenvalue weighted by atomic mass is 9.98. The number of nitrogens with zero attached hydrogens (tertiary/aromatic N) is 4. The summed E-state index contributed by atoms with van der Waals surface area (Å²) in [5.41, 5.74) is 10.7. The molecular formula is C42H26N4. The summed E-state index contributed by atoms with van der Waals surface area (Å²) >= 11 is 0. The fraction of sp³-hybridized carbons (Fsp3) is 0. The number of pyridine rings is 2. The number of hydrogen-bond donors (Lipinski definition) is 0. The minimum atomic E-state index is 0.879. The van der Waals surface area contributed by atoms with Gasteiger partial charge in [0.05, 0.1) is 39.3 Å². The van der Waals surface area contributed by atoms with Crippen LogP contribution in [0.4, 0.5) is 0 Å². The standard InChI is InChI=1S/C42H26N4/c1-2-8-28(9-3-1)41-42(46-39-12-5-4-11-38(39)45-41)34-20-17-30-24-32(19-16-31(30)25-34)37-22-21-29-15-13-27-14-18-33(26-35(27)40(29)44-37)36-10-6-7-23-43-36/h1-26H. The third kappa shape index (κ3) is 4.56. The molecule has 0 bridgehead atoms. The second-order valence-corrected chi connectivity index (χ2v) is 11.5. The summed E-state index contributed by atoms with van der Waals surface area (Å²) in [7, 11) is 0. The van der Waals surface area contributed by atoms with Crippen molar-refractivity contribution in [2.24, 2.45) is 0 Å². The molecule has 9 aromatic rings. The first-order valence-corrected chi connectivity index (χ1v) is 15.4. The van der Waals surface area contributed by atoms with E-state index in [-0.39, 0.29) is 0 Å². The molecule has 0 saturated heterocycles. The molecule has 3 aromatic heterocycles. The fourth-order valence-corrected chi connectivity index (χ4v) is 6.31. The van der Waals surface area contributed by atoms with Crippen LogP contribution in [0.1, 0.15) is 0 Å². The molecular weight excluding hydrogens is 560 g/mol. The number of fused-ring (bicyclic) bond motifs is 5. The van der Waals surface area contributed by atoms with Gasteiger partial charge in [-0.3, -0.25) is 4.98 Å². The zero-order chi connectivity index (χ0) is 30.5. The van der Waals surface area contributed by atoms with E-state index in [0.29, 0.717) is 0 Å². The summed E-state index contributed by atoms with van der Waals surface area (Å²) in [4.78, 5) is 19.9. The van der Waals surface area contributed by atoms with Gasteiger partial charge in [0, 0.05) is 39.2 Å². The lowest BCUT2D eigenvalue weighted by molar-refractivity contribution is 1.29. The van der Waals surface area contributed by atoms with Crippen LogP contribution in [0.15, 0.2) is 158 Å². The van der Waals surface area contributed by atoms with Crippen LogP contribution in [0.25, 0.3) is 88.5 Å².